The summed E-state index contributed by atoms with van der Waals surface area (Å²) in [6.45, 7) is 1.78. The number of hydrogen-bond acceptors (Lipinski definition) is 6. The smallest absolute Gasteiger partial charge is 0.338 e. The lowest BCUT2D eigenvalue weighted by Gasteiger charge is -2.14. The molecular weight excluding hydrogens is 374 g/mol. The minimum absolute atomic E-state index is 0.234. The van der Waals surface area contributed by atoms with Crippen molar-refractivity contribution in [2.24, 2.45) is 0 Å². The second kappa shape index (κ2) is 10.5. The average Bonchev–Trinajstić information content (AvgIpc) is 2.72. The van der Waals surface area contributed by atoms with Crippen LogP contribution in [0.1, 0.15) is 29.3 Å². The zero-order valence-corrected chi connectivity index (χ0v) is 16.1. The number of anilines is 1. The summed E-state index contributed by atoms with van der Waals surface area (Å²) in [4.78, 5) is 35.7. The third-order valence-electron chi connectivity index (χ3n) is 3.92. The lowest BCUT2D eigenvalue weighted by atomic mass is 10.2. The van der Waals surface area contributed by atoms with Crippen LogP contribution in [-0.2, 0) is 20.9 Å². The molecule has 0 saturated carbocycles. The molecular formula is C21H21N3O5. The van der Waals surface area contributed by atoms with Crippen molar-refractivity contribution < 1.29 is 23.9 Å². The first kappa shape index (κ1) is 21.4. The molecule has 0 heterocycles. The number of methoxy groups -OCH3 is 1. The molecule has 8 nitrogen and oxygen atoms in total. The Morgan fingerprint density at radius 2 is 1.72 bits per heavy atom. The van der Waals surface area contributed by atoms with Crippen molar-refractivity contribution >= 4 is 23.5 Å². The number of amides is 2. The number of benzene rings is 2. The molecule has 1 atom stereocenters. The summed E-state index contributed by atoms with van der Waals surface area (Å²) in [7, 11) is 1.57. The van der Waals surface area contributed by atoms with Gasteiger partial charge in [-0.25, -0.2) is 4.79 Å². The van der Waals surface area contributed by atoms with Crippen LogP contribution in [0.5, 0.6) is 5.75 Å². The number of rotatable bonds is 8. The molecule has 0 radical (unpaired) electrons. The van der Waals surface area contributed by atoms with Crippen molar-refractivity contribution in [2.45, 2.75) is 26.0 Å². The Hall–Kier alpha value is -3.86. The molecule has 8 heteroatoms. The normalized spacial score (nSPS) is 10.9. The molecule has 0 unspecified atom stereocenters. The highest BCUT2D eigenvalue weighted by molar-refractivity contribution is 5.94. The van der Waals surface area contributed by atoms with Gasteiger partial charge in [-0.2, -0.15) is 5.26 Å². The molecule has 0 spiro atoms. The van der Waals surface area contributed by atoms with Gasteiger partial charge >= 0.3 is 5.97 Å². The largest absolute Gasteiger partial charge is 0.497 e. The molecule has 0 aliphatic carbocycles. The molecule has 0 saturated heterocycles. The van der Waals surface area contributed by atoms with Crippen LogP contribution in [0.15, 0.2) is 48.5 Å². The van der Waals surface area contributed by atoms with E-state index in [1.807, 2.05) is 12.1 Å². The van der Waals surface area contributed by atoms with Gasteiger partial charge in [0.25, 0.3) is 5.91 Å². The fraction of sp³-hybridized carbons (Fsp3) is 0.238. The van der Waals surface area contributed by atoms with E-state index in [1.165, 1.54) is 31.2 Å². The number of ether oxygens (including phenoxy) is 2. The molecule has 2 amide bonds. The van der Waals surface area contributed by atoms with Crippen molar-refractivity contribution in [3.8, 4) is 11.8 Å². The second-order valence-corrected chi connectivity index (χ2v) is 6.07. The maximum Gasteiger partial charge on any atom is 0.338 e. The molecule has 0 aromatic heterocycles. The summed E-state index contributed by atoms with van der Waals surface area (Å²) in [5, 5.41) is 13.7. The SMILES string of the molecule is COc1ccc(CNC(=O)[C@@H](C)OC(=O)c2ccc(NC(=O)CC#N)cc2)cc1. The van der Waals surface area contributed by atoms with Crippen LogP contribution >= 0.6 is 0 Å². The van der Waals surface area contributed by atoms with Gasteiger partial charge in [-0.3, -0.25) is 9.59 Å². The molecule has 2 N–H and O–H groups in total. The Kier molecular flexibility index (Phi) is 7.74. The highest BCUT2D eigenvalue weighted by Crippen LogP contribution is 2.13. The molecule has 0 aliphatic heterocycles. The van der Waals surface area contributed by atoms with Crippen molar-refractivity contribution in [1.29, 1.82) is 5.26 Å². The summed E-state index contributed by atoms with van der Waals surface area (Å²) in [5.74, 6) is -0.801. The number of carbonyl (C=O) groups excluding carboxylic acids is 3. The van der Waals surface area contributed by atoms with E-state index >= 15 is 0 Å². The van der Waals surface area contributed by atoms with E-state index in [9.17, 15) is 14.4 Å². The Morgan fingerprint density at radius 3 is 2.31 bits per heavy atom. The van der Waals surface area contributed by atoms with Crippen LogP contribution in [0.25, 0.3) is 0 Å². The van der Waals surface area contributed by atoms with Gasteiger partial charge in [0, 0.05) is 12.2 Å². The van der Waals surface area contributed by atoms with Gasteiger partial charge in [-0.1, -0.05) is 12.1 Å². The van der Waals surface area contributed by atoms with Crippen LogP contribution in [0.3, 0.4) is 0 Å². The monoisotopic (exact) mass is 395 g/mol. The molecule has 0 fully saturated rings. The van der Waals surface area contributed by atoms with Crippen LogP contribution in [0, 0.1) is 11.3 Å². The second-order valence-electron chi connectivity index (χ2n) is 6.07. The Balaban J connectivity index is 1.84. The molecule has 2 aromatic rings. The highest BCUT2D eigenvalue weighted by atomic mass is 16.5. The van der Waals surface area contributed by atoms with Crippen molar-refractivity contribution in [3.63, 3.8) is 0 Å². The molecule has 0 aliphatic rings. The number of esters is 1. The van der Waals surface area contributed by atoms with E-state index in [4.69, 9.17) is 14.7 Å². The molecule has 0 bridgehead atoms. The zero-order valence-electron chi connectivity index (χ0n) is 16.1. The number of carbonyl (C=O) groups is 3. The van der Waals surface area contributed by atoms with Gasteiger partial charge in [0.2, 0.25) is 5.91 Å². The third-order valence-corrected chi connectivity index (χ3v) is 3.92. The highest BCUT2D eigenvalue weighted by Gasteiger charge is 2.18. The Labute approximate surface area is 168 Å². The first-order valence-corrected chi connectivity index (χ1v) is 8.81. The molecule has 150 valence electrons. The van der Waals surface area contributed by atoms with Gasteiger partial charge in [0.05, 0.1) is 18.7 Å². The fourth-order valence-corrected chi connectivity index (χ4v) is 2.33. The number of nitriles is 1. The van der Waals surface area contributed by atoms with Crippen LogP contribution < -0.4 is 15.4 Å². The molecule has 2 rings (SSSR count). The average molecular weight is 395 g/mol. The topological polar surface area (TPSA) is 118 Å². The van der Waals surface area contributed by atoms with Crippen molar-refractivity contribution in [2.75, 3.05) is 12.4 Å². The predicted molar refractivity (Wildman–Crippen MR) is 105 cm³/mol. The van der Waals surface area contributed by atoms with E-state index in [-0.39, 0.29) is 12.0 Å². The maximum atomic E-state index is 12.2. The standard InChI is InChI=1S/C21H21N3O5/c1-14(20(26)23-13-15-3-9-18(28-2)10-4-15)29-21(27)16-5-7-17(8-6-16)24-19(25)11-12-22/h3-10,14H,11,13H2,1-2H3,(H,23,26)(H,24,25)/t14-/m1/s1. The summed E-state index contributed by atoms with van der Waals surface area (Å²) < 4.78 is 10.3. The van der Waals surface area contributed by atoms with Crippen molar-refractivity contribution in [1.82, 2.24) is 5.32 Å². The predicted octanol–water partition coefficient (Wildman–Crippen LogP) is 2.41. The van der Waals surface area contributed by atoms with Gasteiger partial charge < -0.3 is 20.1 Å². The zero-order chi connectivity index (χ0) is 21.2. The fourth-order valence-electron chi connectivity index (χ4n) is 2.33. The number of nitrogens with zero attached hydrogens (tertiary/aromatic N) is 1. The minimum Gasteiger partial charge on any atom is -0.497 e. The van der Waals surface area contributed by atoms with E-state index in [0.29, 0.717) is 12.2 Å². The first-order chi connectivity index (χ1) is 13.9. The summed E-state index contributed by atoms with van der Waals surface area (Å²) in [6, 6.07) is 14.9. The molecule has 2 aromatic carbocycles. The lowest BCUT2D eigenvalue weighted by molar-refractivity contribution is -0.129. The van der Waals surface area contributed by atoms with Crippen LogP contribution in [0.2, 0.25) is 0 Å². The summed E-state index contributed by atoms with van der Waals surface area (Å²) in [5.41, 5.74) is 1.57. The summed E-state index contributed by atoms with van der Waals surface area (Å²) >= 11 is 0. The van der Waals surface area contributed by atoms with Gasteiger partial charge in [-0.05, 0) is 48.9 Å². The van der Waals surface area contributed by atoms with E-state index in [1.54, 1.807) is 25.3 Å². The van der Waals surface area contributed by atoms with Crippen molar-refractivity contribution in [3.05, 3.63) is 59.7 Å². The maximum absolute atomic E-state index is 12.2. The third kappa shape index (κ3) is 6.66. The Morgan fingerprint density at radius 1 is 1.07 bits per heavy atom. The molecule has 29 heavy (non-hydrogen) atoms. The van der Waals surface area contributed by atoms with E-state index < -0.39 is 23.9 Å². The van der Waals surface area contributed by atoms with Crippen LogP contribution in [0.4, 0.5) is 5.69 Å². The lowest BCUT2D eigenvalue weighted by Crippen LogP contribution is -2.35. The summed E-state index contributed by atoms with van der Waals surface area (Å²) in [6.07, 6.45) is -1.23. The van der Waals surface area contributed by atoms with Crippen LogP contribution in [-0.4, -0.2) is 31.0 Å². The van der Waals surface area contributed by atoms with Gasteiger partial charge in [0.15, 0.2) is 6.10 Å². The number of hydrogen-bond donors (Lipinski definition) is 2. The van der Waals surface area contributed by atoms with Gasteiger partial charge in [-0.15, -0.1) is 0 Å². The van der Waals surface area contributed by atoms with Gasteiger partial charge in [0.1, 0.15) is 12.2 Å². The Bertz CT molecular complexity index is 901. The van der Waals surface area contributed by atoms with E-state index in [0.717, 1.165) is 11.3 Å². The number of nitrogens with one attached hydrogen (secondary N) is 2. The van der Waals surface area contributed by atoms with E-state index in [2.05, 4.69) is 10.6 Å². The quantitative estimate of drug-likeness (QED) is 0.663. The minimum atomic E-state index is -0.976. The first-order valence-electron chi connectivity index (χ1n) is 8.81.